The van der Waals surface area contributed by atoms with E-state index in [0.29, 0.717) is 24.8 Å². The maximum atomic E-state index is 12.7. The molecular formula is C26H31ClIN9O. The van der Waals surface area contributed by atoms with Crippen LogP contribution in [0.3, 0.4) is 0 Å². The molecule has 1 aliphatic rings. The molecular weight excluding hydrogens is 617 g/mol. The Morgan fingerprint density at radius 1 is 1.16 bits per heavy atom. The lowest BCUT2D eigenvalue weighted by Gasteiger charge is -2.31. The molecule has 4 rings (SSSR count). The second-order valence-electron chi connectivity index (χ2n) is 9.15. The van der Waals surface area contributed by atoms with E-state index in [2.05, 4.69) is 64.1 Å². The quantitative estimate of drug-likeness (QED) is 0.157. The van der Waals surface area contributed by atoms with Crippen molar-refractivity contribution in [3.63, 3.8) is 0 Å². The van der Waals surface area contributed by atoms with Crippen molar-refractivity contribution in [3.05, 3.63) is 74.3 Å². The van der Waals surface area contributed by atoms with Crippen LogP contribution in [0.15, 0.2) is 53.8 Å². The number of nitrogens with zero attached hydrogens (tertiary/aromatic N) is 5. The zero-order valence-corrected chi connectivity index (χ0v) is 23.8. The van der Waals surface area contributed by atoms with E-state index in [-0.39, 0.29) is 22.6 Å². The summed E-state index contributed by atoms with van der Waals surface area (Å²) in [6, 6.07) is 12.1. The Morgan fingerprint density at radius 2 is 1.92 bits per heavy atom. The average molecular weight is 648 g/mol. The van der Waals surface area contributed by atoms with Gasteiger partial charge in [-0.1, -0.05) is 29.8 Å². The predicted molar refractivity (Wildman–Crippen MR) is 159 cm³/mol. The zero-order valence-electron chi connectivity index (χ0n) is 20.9. The molecule has 1 fully saturated rings. The third-order valence-electron chi connectivity index (χ3n) is 6.38. The van der Waals surface area contributed by atoms with Crippen molar-refractivity contribution in [1.82, 2.24) is 25.2 Å². The first-order valence-corrected chi connectivity index (χ1v) is 13.9. The molecule has 3 heterocycles. The maximum Gasteiger partial charge on any atom is 0.280 e. The Balaban J connectivity index is 1.23. The second-order valence-corrected chi connectivity index (χ2v) is 10.8. The van der Waals surface area contributed by atoms with Crippen LogP contribution in [0.25, 0.3) is 0 Å². The number of benzene rings is 1. The fourth-order valence-electron chi connectivity index (χ4n) is 4.16. The van der Waals surface area contributed by atoms with Crippen LogP contribution in [0.1, 0.15) is 34.5 Å². The van der Waals surface area contributed by atoms with Crippen molar-refractivity contribution in [3.8, 4) is 0 Å². The number of nitrogen functional groups attached to an aromatic ring is 1. The zero-order chi connectivity index (χ0) is 26.9. The summed E-state index contributed by atoms with van der Waals surface area (Å²) in [4.78, 5) is 32.0. The number of nitrogens with one attached hydrogen (secondary N) is 2. The highest BCUT2D eigenvalue weighted by atomic mass is 127. The molecule has 6 N–H and O–H groups in total. The van der Waals surface area contributed by atoms with Gasteiger partial charge in [0.05, 0.1) is 0 Å². The molecule has 10 nitrogen and oxygen atoms in total. The average Bonchev–Trinajstić information content (AvgIpc) is 2.93. The highest BCUT2D eigenvalue weighted by Crippen LogP contribution is 2.22. The Hall–Kier alpha value is -3.03. The lowest BCUT2D eigenvalue weighted by atomic mass is 9.97. The number of carbonyl (C=O) groups excluding carboxylic acids is 1. The summed E-state index contributed by atoms with van der Waals surface area (Å²) in [5.74, 6) is 0.0776. The maximum absolute atomic E-state index is 12.7. The first-order valence-electron chi connectivity index (χ1n) is 12.4. The van der Waals surface area contributed by atoms with Crippen molar-refractivity contribution in [2.24, 2.45) is 16.6 Å². The van der Waals surface area contributed by atoms with Crippen LogP contribution in [0.5, 0.6) is 0 Å². The van der Waals surface area contributed by atoms with Crippen LogP contribution in [-0.4, -0.2) is 57.9 Å². The fraction of sp³-hybridized carbons (Fsp3) is 0.346. The van der Waals surface area contributed by atoms with Gasteiger partial charge in [0.2, 0.25) is 0 Å². The summed E-state index contributed by atoms with van der Waals surface area (Å²) < 4.78 is 1.14. The van der Waals surface area contributed by atoms with Gasteiger partial charge in [0.25, 0.3) is 5.91 Å². The number of hydrogen-bond acceptors (Lipinski definition) is 8. The van der Waals surface area contributed by atoms with E-state index in [1.807, 2.05) is 36.5 Å². The van der Waals surface area contributed by atoms with Crippen LogP contribution in [0.4, 0.5) is 11.6 Å². The Labute approximate surface area is 240 Å². The largest absolute Gasteiger partial charge is 0.382 e. The number of hydrogen-bond donors (Lipinski definition) is 4. The molecule has 2 aromatic heterocycles. The minimum atomic E-state index is -0.604. The number of aromatic nitrogens is 3. The monoisotopic (exact) mass is 647 g/mol. The Bertz CT molecular complexity index is 1250. The van der Waals surface area contributed by atoms with E-state index in [1.54, 1.807) is 6.20 Å². The summed E-state index contributed by atoms with van der Waals surface area (Å²) >= 11 is 8.51. The number of carbonyl (C=O) groups is 1. The number of pyridine rings is 1. The molecule has 1 aliphatic heterocycles. The number of aliphatic imine (C=N–C) groups is 1. The fourth-order valence-corrected chi connectivity index (χ4v) is 4.72. The summed E-state index contributed by atoms with van der Waals surface area (Å²) in [7, 11) is 0. The number of guanidine groups is 1. The molecule has 0 bridgehead atoms. The topological polar surface area (TPSA) is 147 Å². The molecule has 0 radical (unpaired) electrons. The minimum absolute atomic E-state index is 0.0206. The van der Waals surface area contributed by atoms with Crippen LogP contribution in [0, 0.1) is 9.49 Å². The van der Waals surface area contributed by atoms with Gasteiger partial charge in [0, 0.05) is 35.6 Å². The molecule has 1 amide bonds. The molecule has 0 spiro atoms. The molecule has 0 saturated carbocycles. The first kappa shape index (κ1) is 28.0. The second kappa shape index (κ2) is 13.7. The third-order valence-corrected chi connectivity index (χ3v) is 7.36. The summed E-state index contributed by atoms with van der Waals surface area (Å²) in [5, 5.41) is 5.68. The summed E-state index contributed by atoms with van der Waals surface area (Å²) in [6.45, 7) is 4.08. The molecule has 3 aromatic rings. The smallest absolute Gasteiger partial charge is 0.280 e. The van der Waals surface area contributed by atoms with Crippen molar-refractivity contribution in [2.75, 3.05) is 37.2 Å². The van der Waals surface area contributed by atoms with Crippen molar-refractivity contribution < 1.29 is 4.79 Å². The predicted octanol–water partition coefficient (Wildman–Crippen LogP) is 3.32. The van der Waals surface area contributed by atoms with E-state index in [1.165, 1.54) is 5.56 Å². The van der Waals surface area contributed by atoms with Gasteiger partial charge in [-0.15, -0.1) is 0 Å². The number of nitrogens with two attached hydrogens (primary N) is 2. The first-order chi connectivity index (χ1) is 18.4. The van der Waals surface area contributed by atoms with Gasteiger partial charge in [-0.2, -0.15) is 0 Å². The molecule has 1 aromatic carbocycles. The van der Waals surface area contributed by atoms with Gasteiger partial charge < -0.3 is 21.7 Å². The lowest BCUT2D eigenvalue weighted by Crippen LogP contribution is -2.39. The van der Waals surface area contributed by atoms with Gasteiger partial charge in [0.1, 0.15) is 0 Å². The van der Waals surface area contributed by atoms with Crippen molar-refractivity contribution in [2.45, 2.75) is 25.8 Å². The lowest BCUT2D eigenvalue weighted by molar-refractivity contribution is 0.0972. The summed E-state index contributed by atoms with van der Waals surface area (Å²) in [6.07, 6.45) is 6.77. The number of likely N-dealkylation sites (tertiary alicyclic amines) is 1. The van der Waals surface area contributed by atoms with Crippen molar-refractivity contribution in [1.29, 1.82) is 0 Å². The van der Waals surface area contributed by atoms with Gasteiger partial charge in [0.15, 0.2) is 28.4 Å². The van der Waals surface area contributed by atoms with Crippen LogP contribution in [-0.2, 0) is 13.0 Å². The van der Waals surface area contributed by atoms with E-state index in [0.717, 1.165) is 48.0 Å². The van der Waals surface area contributed by atoms with Gasteiger partial charge in [-0.05, 0) is 90.2 Å². The Morgan fingerprint density at radius 3 is 2.63 bits per heavy atom. The van der Waals surface area contributed by atoms with E-state index >= 15 is 0 Å². The number of amides is 1. The standard InChI is InChI=1S/C26H31ClIN9O/c27-22-24(32-15-18-3-5-20(28)6-4-18)35-23(29)21(34-22)25(38)36-26(30)33-16-19-8-12-37(13-9-19)11-7-17-2-1-10-31-14-17/h1-6,10,14,19H,7-9,11-13,15-16H2,(H3,29,32,35)(H3,30,33,36,38). The van der Waals surface area contributed by atoms with E-state index < -0.39 is 5.91 Å². The molecule has 0 atom stereocenters. The SMILES string of the molecule is NC(=NCC1CCN(CCc2cccnc2)CC1)NC(=O)c1nc(Cl)c(NCc2ccc(I)cc2)nc1N. The van der Waals surface area contributed by atoms with Crippen LogP contribution >= 0.6 is 34.2 Å². The van der Waals surface area contributed by atoms with Crippen LogP contribution in [0.2, 0.25) is 5.15 Å². The molecule has 1 saturated heterocycles. The number of rotatable bonds is 9. The highest BCUT2D eigenvalue weighted by molar-refractivity contribution is 14.1. The number of anilines is 2. The molecule has 0 unspecified atom stereocenters. The van der Waals surface area contributed by atoms with Crippen LogP contribution < -0.4 is 22.1 Å². The highest BCUT2D eigenvalue weighted by Gasteiger charge is 2.20. The Kier molecular flexibility index (Phi) is 10.1. The molecule has 200 valence electrons. The van der Waals surface area contributed by atoms with Gasteiger partial charge in [-0.25, -0.2) is 9.97 Å². The minimum Gasteiger partial charge on any atom is -0.382 e. The number of halogens is 2. The molecule has 12 heteroatoms. The molecule has 0 aliphatic carbocycles. The van der Waals surface area contributed by atoms with Gasteiger partial charge >= 0.3 is 0 Å². The third kappa shape index (κ3) is 8.23. The molecule has 38 heavy (non-hydrogen) atoms. The van der Waals surface area contributed by atoms with E-state index in [9.17, 15) is 4.79 Å². The van der Waals surface area contributed by atoms with Gasteiger partial charge in [-0.3, -0.25) is 20.1 Å². The normalized spacial score (nSPS) is 14.8. The number of piperidine rings is 1. The van der Waals surface area contributed by atoms with E-state index in [4.69, 9.17) is 23.1 Å². The summed E-state index contributed by atoms with van der Waals surface area (Å²) in [5.41, 5.74) is 14.2. The van der Waals surface area contributed by atoms with Crippen molar-refractivity contribution >= 4 is 57.7 Å².